The lowest BCUT2D eigenvalue weighted by Crippen LogP contribution is -2.33. The fourth-order valence-corrected chi connectivity index (χ4v) is 2.18. The Bertz CT molecular complexity index is 362. The average molecular weight is 237 g/mol. The quantitative estimate of drug-likeness (QED) is 0.790. The summed E-state index contributed by atoms with van der Waals surface area (Å²) in [6, 6.07) is 4.86. The van der Waals surface area contributed by atoms with E-state index in [9.17, 15) is 4.39 Å². The van der Waals surface area contributed by atoms with Gasteiger partial charge < -0.3 is 16.0 Å². The maximum atomic E-state index is 13.2. The molecule has 0 radical (unpaired) electrons. The first-order chi connectivity index (χ1) is 8.25. The third-order valence-corrected chi connectivity index (χ3v) is 3.21. The Morgan fingerprint density at radius 2 is 2.00 bits per heavy atom. The van der Waals surface area contributed by atoms with Crippen LogP contribution in [0.3, 0.4) is 0 Å². The van der Waals surface area contributed by atoms with Crippen LogP contribution in [0, 0.1) is 5.82 Å². The summed E-state index contributed by atoms with van der Waals surface area (Å²) in [4.78, 5) is 2.45. The van der Waals surface area contributed by atoms with E-state index >= 15 is 0 Å². The Balaban J connectivity index is 1.75. The highest BCUT2D eigenvalue weighted by molar-refractivity contribution is 5.52. The van der Waals surface area contributed by atoms with Crippen LogP contribution in [-0.2, 0) is 0 Å². The minimum absolute atomic E-state index is 0.201. The van der Waals surface area contributed by atoms with Gasteiger partial charge in [-0.2, -0.15) is 0 Å². The van der Waals surface area contributed by atoms with Gasteiger partial charge >= 0.3 is 0 Å². The Morgan fingerprint density at radius 1 is 1.24 bits per heavy atom. The van der Waals surface area contributed by atoms with E-state index in [1.165, 1.54) is 38.4 Å². The highest BCUT2D eigenvalue weighted by Gasteiger charge is 2.08. The first kappa shape index (κ1) is 12.2. The number of halogens is 1. The van der Waals surface area contributed by atoms with Crippen LogP contribution in [0.1, 0.15) is 19.3 Å². The summed E-state index contributed by atoms with van der Waals surface area (Å²) in [7, 11) is 0. The summed E-state index contributed by atoms with van der Waals surface area (Å²) in [5.74, 6) is -0.354. The maximum absolute atomic E-state index is 13.2. The first-order valence-electron chi connectivity index (χ1n) is 6.27. The summed E-state index contributed by atoms with van der Waals surface area (Å²) in [5.41, 5.74) is 6.42. The van der Waals surface area contributed by atoms with Crippen molar-refractivity contribution in [2.24, 2.45) is 0 Å². The van der Waals surface area contributed by atoms with Gasteiger partial charge in [0.25, 0.3) is 0 Å². The molecule has 0 aromatic heterocycles. The number of hydrogen-bond acceptors (Lipinski definition) is 3. The largest absolute Gasteiger partial charge is 0.396 e. The zero-order valence-corrected chi connectivity index (χ0v) is 10.1. The van der Waals surface area contributed by atoms with Crippen molar-refractivity contribution in [2.45, 2.75) is 19.3 Å². The molecule has 4 heteroatoms. The number of nitrogen functional groups attached to an aromatic ring is 1. The number of anilines is 2. The van der Waals surface area contributed by atoms with Crippen molar-refractivity contribution >= 4 is 11.4 Å². The fraction of sp³-hybridized carbons (Fsp3) is 0.538. The number of piperidine rings is 1. The van der Waals surface area contributed by atoms with Crippen LogP contribution in [0.25, 0.3) is 0 Å². The minimum atomic E-state index is -0.354. The van der Waals surface area contributed by atoms with Crippen LogP contribution in [0.15, 0.2) is 18.2 Å². The topological polar surface area (TPSA) is 41.3 Å². The van der Waals surface area contributed by atoms with E-state index in [0.717, 1.165) is 18.8 Å². The summed E-state index contributed by atoms with van der Waals surface area (Å²) in [6.07, 6.45) is 3.96. The van der Waals surface area contributed by atoms with Gasteiger partial charge in [0.15, 0.2) is 0 Å². The highest BCUT2D eigenvalue weighted by atomic mass is 19.1. The van der Waals surface area contributed by atoms with Gasteiger partial charge in [0.05, 0.1) is 5.69 Å². The van der Waals surface area contributed by atoms with E-state index in [4.69, 9.17) is 5.73 Å². The van der Waals surface area contributed by atoms with E-state index in [0.29, 0.717) is 0 Å². The van der Waals surface area contributed by atoms with Crippen LogP contribution >= 0.6 is 0 Å². The monoisotopic (exact) mass is 237 g/mol. The Labute approximate surface area is 102 Å². The number of nitrogens with one attached hydrogen (secondary N) is 1. The summed E-state index contributed by atoms with van der Waals surface area (Å²) < 4.78 is 13.2. The van der Waals surface area contributed by atoms with Crippen molar-refractivity contribution < 1.29 is 4.39 Å². The minimum Gasteiger partial charge on any atom is -0.396 e. The van der Waals surface area contributed by atoms with E-state index in [1.807, 2.05) is 6.07 Å². The molecular weight excluding hydrogens is 217 g/mol. The van der Waals surface area contributed by atoms with Gasteiger partial charge in [0, 0.05) is 18.8 Å². The lowest BCUT2D eigenvalue weighted by molar-refractivity contribution is 0.237. The molecule has 17 heavy (non-hydrogen) atoms. The molecule has 1 aromatic carbocycles. The van der Waals surface area contributed by atoms with Gasteiger partial charge in [-0.05, 0) is 44.1 Å². The normalized spacial score (nSPS) is 17.0. The molecule has 1 heterocycles. The van der Waals surface area contributed by atoms with E-state index in [2.05, 4.69) is 10.2 Å². The molecule has 0 atom stereocenters. The lowest BCUT2D eigenvalue weighted by atomic mass is 10.1. The molecule has 0 bridgehead atoms. The third kappa shape index (κ3) is 3.60. The second-order valence-electron chi connectivity index (χ2n) is 4.57. The molecule has 0 aliphatic carbocycles. The smallest absolute Gasteiger partial charge is 0.148 e. The zero-order chi connectivity index (χ0) is 12.1. The Hall–Kier alpha value is -1.29. The molecule has 0 amide bonds. The third-order valence-electron chi connectivity index (χ3n) is 3.21. The van der Waals surface area contributed by atoms with Gasteiger partial charge in [-0.3, -0.25) is 0 Å². The van der Waals surface area contributed by atoms with Crippen molar-refractivity contribution in [3.63, 3.8) is 0 Å². The van der Waals surface area contributed by atoms with Crippen LogP contribution in [0.4, 0.5) is 15.8 Å². The molecule has 1 fully saturated rings. The van der Waals surface area contributed by atoms with Gasteiger partial charge in [-0.1, -0.05) is 6.42 Å². The molecule has 94 valence electrons. The maximum Gasteiger partial charge on any atom is 0.148 e. The van der Waals surface area contributed by atoms with Crippen LogP contribution < -0.4 is 11.1 Å². The number of benzene rings is 1. The van der Waals surface area contributed by atoms with Crippen molar-refractivity contribution in [1.82, 2.24) is 4.90 Å². The predicted molar refractivity (Wildman–Crippen MR) is 69.6 cm³/mol. The standard InChI is InChI=1S/C13H20FN3/c14-12-10-11(4-5-13(12)15)16-6-9-17-7-2-1-3-8-17/h4-5,10,16H,1-3,6-9,15H2. The fourth-order valence-electron chi connectivity index (χ4n) is 2.18. The van der Waals surface area contributed by atoms with Crippen molar-refractivity contribution in [3.05, 3.63) is 24.0 Å². The lowest BCUT2D eigenvalue weighted by Gasteiger charge is -2.26. The molecule has 1 aromatic rings. The SMILES string of the molecule is Nc1ccc(NCCN2CCCCC2)cc1F. The molecule has 1 aliphatic heterocycles. The second-order valence-corrected chi connectivity index (χ2v) is 4.57. The van der Waals surface area contributed by atoms with Crippen LogP contribution in [-0.4, -0.2) is 31.1 Å². The first-order valence-corrected chi connectivity index (χ1v) is 6.27. The number of likely N-dealkylation sites (tertiary alicyclic amines) is 1. The number of nitrogens with two attached hydrogens (primary N) is 1. The van der Waals surface area contributed by atoms with Crippen molar-refractivity contribution in [3.8, 4) is 0 Å². The summed E-state index contributed by atoms with van der Waals surface area (Å²) >= 11 is 0. The summed E-state index contributed by atoms with van der Waals surface area (Å²) in [5, 5.41) is 3.22. The second kappa shape index (κ2) is 5.87. The molecule has 0 saturated carbocycles. The van der Waals surface area contributed by atoms with Gasteiger partial charge in [0.2, 0.25) is 0 Å². The number of nitrogens with zero attached hydrogens (tertiary/aromatic N) is 1. The summed E-state index contributed by atoms with van der Waals surface area (Å²) in [6.45, 7) is 4.25. The van der Waals surface area contributed by atoms with Gasteiger partial charge in [-0.25, -0.2) is 4.39 Å². The predicted octanol–water partition coefficient (Wildman–Crippen LogP) is 2.31. The number of hydrogen-bond donors (Lipinski definition) is 2. The Morgan fingerprint density at radius 3 is 2.71 bits per heavy atom. The Kier molecular flexibility index (Phi) is 4.20. The van der Waals surface area contributed by atoms with E-state index in [-0.39, 0.29) is 11.5 Å². The van der Waals surface area contributed by atoms with Gasteiger partial charge in [-0.15, -0.1) is 0 Å². The van der Waals surface area contributed by atoms with Crippen molar-refractivity contribution in [2.75, 3.05) is 37.2 Å². The highest BCUT2D eigenvalue weighted by Crippen LogP contribution is 2.15. The molecule has 3 nitrogen and oxygen atoms in total. The van der Waals surface area contributed by atoms with Gasteiger partial charge in [0.1, 0.15) is 5.82 Å². The molecular formula is C13H20FN3. The molecule has 0 spiro atoms. The molecule has 2 rings (SSSR count). The van der Waals surface area contributed by atoms with Crippen molar-refractivity contribution in [1.29, 1.82) is 0 Å². The van der Waals surface area contributed by atoms with E-state index in [1.54, 1.807) is 6.07 Å². The van der Waals surface area contributed by atoms with E-state index < -0.39 is 0 Å². The molecule has 0 unspecified atom stereocenters. The molecule has 1 saturated heterocycles. The molecule has 3 N–H and O–H groups in total. The van der Waals surface area contributed by atoms with Crippen LogP contribution in [0.2, 0.25) is 0 Å². The zero-order valence-electron chi connectivity index (χ0n) is 10.1. The van der Waals surface area contributed by atoms with Crippen LogP contribution in [0.5, 0.6) is 0 Å². The number of rotatable bonds is 4. The average Bonchev–Trinajstić information content (AvgIpc) is 2.35. The molecule has 1 aliphatic rings.